The van der Waals surface area contributed by atoms with Crippen LogP contribution in [0.5, 0.6) is 0 Å². The summed E-state index contributed by atoms with van der Waals surface area (Å²) < 4.78 is 47.6. The summed E-state index contributed by atoms with van der Waals surface area (Å²) >= 11 is 6.15. The van der Waals surface area contributed by atoms with Gasteiger partial charge >= 0.3 is 11.8 Å². The average Bonchev–Trinajstić information content (AvgIpc) is 2.83. The van der Waals surface area contributed by atoms with Crippen LogP contribution in [0.25, 0.3) is 16.7 Å². The van der Waals surface area contributed by atoms with Gasteiger partial charge in [0.25, 0.3) is 0 Å². The fraction of sp³-hybridized carbons (Fsp3) is 0.517. The number of halogens is 2. The van der Waals surface area contributed by atoms with Crippen molar-refractivity contribution in [3.8, 4) is 5.69 Å². The van der Waals surface area contributed by atoms with E-state index in [0.717, 1.165) is 30.1 Å². The molecular formula is C29H35ClFN5O5S. The van der Waals surface area contributed by atoms with Gasteiger partial charge in [-0.05, 0) is 71.1 Å². The number of rotatable bonds is 4. The van der Waals surface area contributed by atoms with Crippen molar-refractivity contribution in [1.82, 2.24) is 19.4 Å². The standard InChI is InChI=1S/C29H35ClFN5O5S/c1-16-15-35(28(38)41-29(3,4)5)17(2)14-34(16)25-20-13-21(31)24(30)32-26(20)36(27(37)33-25)23-19(18-9-7-10-18)11-8-12-22(23)42(6,39)40/h8,11-13,16-18H,7,9-10,14-15H2,1-6H3/t16-,17+/m0/s1. The molecule has 1 aliphatic heterocycles. The smallest absolute Gasteiger partial charge is 0.410 e. The minimum Gasteiger partial charge on any atom is -0.444 e. The summed E-state index contributed by atoms with van der Waals surface area (Å²) in [4.78, 5) is 38.9. The summed E-state index contributed by atoms with van der Waals surface area (Å²) in [5.74, 6) is -0.568. The number of sulfone groups is 1. The van der Waals surface area contributed by atoms with Crippen LogP contribution in [0.4, 0.5) is 15.0 Å². The first-order valence-corrected chi connectivity index (χ1v) is 16.2. The topological polar surface area (TPSA) is 115 Å². The van der Waals surface area contributed by atoms with E-state index in [1.54, 1.807) is 31.7 Å². The van der Waals surface area contributed by atoms with Crippen molar-refractivity contribution in [2.24, 2.45) is 0 Å². The lowest BCUT2D eigenvalue weighted by molar-refractivity contribution is 0.0130. The number of pyridine rings is 1. The highest BCUT2D eigenvalue weighted by molar-refractivity contribution is 7.90. The number of hydrogen-bond acceptors (Lipinski definition) is 8. The molecule has 1 saturated carbocycles. The van der Waals surface area contributed by atoms with Crippen LogP contribution in [0.1, 0.15) is 65.4 Å². The lowest BCUT2D eigenvalue weighted by atomic mass is 9.79. The molecule has 2 fully saturated rings. The van der Waals surface area contributed by atoms with Crippen molar-refractivity contribution in [1.29, 1.82) is 0 Å². The lowest BCUT2D eigenvalue weighted by Crippen LogP contribution is -2.59. The normalized spacial score (nSPS) is 20.1. The van der Waals surface area contributed by atoms with E-state index in [9.17, 15) is 22.4 Å². The molecule has 1 aliphatic carbocycles. The second-order valence-electron chi connectivity index (χ2n) is 12.3. The number of nitrogens with zero attached hydrogens (tertiary/aromatic N) is 5. The van der Waals surface area contributed by atoms with Gasteiger partial charge in [-0.3, -0.25) is 0 Å². The molecule has 3 heterocycles. The third-order valence-corrected chi connectivity index (χ3v) is 9.24. The molecule has 1 saturated heterocycles. The summed E-state index contributed by atoms with van der Waals surface area (Å²) in [5.41, 5.74) is -0.564. The maximum absolute atomic E-state index is 15.0. The van der Waals surface area contributed by atoms with Crippen molar-refractivity contribution in [2.75, 3.05) is 24.2 Å². The summed E-state index contributed by atoms with van der Waals surface area (Å²) in [6.07, 6.45) is 3.31. The summed E-state index contributed by atoms with van der Waals surface area (Å²) in [6, 6.07) is 5.45. The number of carbonyl (C=O) groups is 1. The number of piperazine rings is 1. The molecule has 5 rings (SSSR count). The average molecular weight is 620 g/mol. The SMILES string of the molecule is C[C@@H]1CN(c2nc(=O)n(-c3c(C4CCC4)cccc3S(C)(=O)=O)c3nc(Cl)c(F)cc23)[C@@H](C)CN1C(=O)OC(C)(C)C. The maximum Gasteiger partial charge on any atom is 0.410 e. The van der Waals surface area contributed by atoms with E-state index >= 15 is 0 Å². The molecule has 0 bridgehead atoms. The number of amides is 1. The minimum atomic E-state index is -3.78. The number of benzene rings is 1. The zero-order valence-corrected chi connectivity index (χ0v) is 26.1. The zero-order chi connectivity index (χ0) is 30.7. The molecule has 2 atom stereocenters. The van der Waals surface area contributed by atoms with Crippen LogP contribution in [-0.2, 0) is 14.6 Å². The van der Waals surface area contributed by atoms with Crippen molar-refractivity contribution in [2.45, 2.75) is 82.4 Å². The fourth-order valence-corrected chi connectivity index (χ4v) is 6.65. The molecule has 2 aliphatic rings. The number of anilines is 1. The predicted octanol–water partition coefficient (Wildman–Crippen LogP) is 5.08. The maximum atomic E-state index is 15.0. The van der Waals surface area contributed by atoms with E-state index in [4.69, 9.17) is 16.3 Å². The van der Waals surface area contributed by atoms with Crippen molar-refractivity contribution in [3.63, 3.8) is 0 Å². The van der Waals surface area contributed by atoms with E-state index in [1.165, 1.54) is 12.1 Å². The van der Waals surface area contributed by atoms with Crippen molar-refractivity contribution < 1.29 is 22.3 Å². The molecule has 0 unspecified atom stereocenters. The van der Waals surface area contributed by atoms with Crippen LogP contribution in [0, 0.1) is 5.82 Å². The predicted molar refractivity (Wildman–Crippen MR) is 159 cm³/mol. The number of carbonyl (C=O) groups excluding carboxylic acids is 1. The fourth-order valence-electron chi connectivity index (χ4n) is 5.63. The van der Waals surface area contributed by atoms with Gasteiger partial charge in [0.1, 0.15) is 11.4 Å². The highest BCUT2D eigenvalue weighted by Gasteiger charge is 2.37. The molecular weight excluding hydrogens is 585 g/mol. The summed E-state index contributed by atoms with van der Waals surface area (Å²) in [6.45, 7) is 9.67. The molecule has 0 radical (unpaired) electrons. The van der Waals surface area contributed by atoms with Gasteiger partial charge < -0.3 is 14.5 Å². The number of fused-ring (bicyclic) bond motifs is 1. The molecule has 3 aromatic rings. The van der Waals surface area contributed by atoms with Gasteiger partial charge in [0.2, 0.25) is 0 Å². The van der Waals surface area contributed by atoms with Gasteiger partial charge in [0.15, 0.2) is 26.5 Å². The highest BCUT2D eigenvalue weighted by atomic mass is 35.5. The van der Waals surface area contributed by atoms with Gasteiger partial charge in [0, 0.05) is 31.4 Å². The summed E-state index contributed by atoms with van der Waals surface area (Å²) in [5, 5.41) is -0.255. The van der Waals surface area contributed by atoms with Gasteiger partial charge in [-0.25, -0.2) is 31.9 Å². The molecule has 13 heteroatoms. The Morgan fingerprint density at radius 3 is 2.40 bits per heavy atom. The molecule has 226 valence electrons. The molecule has 0 spiro atoms. The Morgan fingerprint density at radius 1 is 1.12 bits per heavy atom. The Kier molecular flexibility index (Phi) is 7.76. The molecule has 10 nitrogen and oxygen atoms in total. The van der Waals surface area contributed by atoms with Crippen LogP contribution < -0.4 is 10.6 Å². The van der Waals surface area contributed by atoms with Crippen molar-refractivity contribution >= 4 is 44.4 Å². The Bertz CT molecular complexity index is 1730. The second kappa shape index (κ2) is 10.8. The minimum absolute atomic E-state index is 0.00231. The van der Waals surface area contributed by atoms with Crippen LogP contribution in [-0.4, -0.2) is 71.0 Å². The van der Waals surface area contributed by atoms with Gasteiger partial charge in [-0.15, -0.1) is 0 Å². The van der Waals surface area contributed by atoms with Crippen LogP contribution in [0.2, 0.25) is 5.15 Å². The third kappa shape index (κ3) is 5.58. The van der Waals surface area contributed by atoms with E-state index in [0.29, 0.717) is 5.56 Å². The first-order valence-electron chi connectivity index (χ1n) is 13.9. The van der Waals surface area contributed by atoms with Gasteiger partial charge in [-0.2, -0.15) is 4.98 Å². The monoisotopic (exact) mass is 619 g/mol. The number of aromatic nitrogens is 3. The van der Waals surface area contributed by atoms with E-state index in [1.807, 2.05) is 24.8 Å². The molecule has 0 N–H and O–H groups in total. The third-order valence-electron chi connectivity index (χ3n) is 7.84. The van der Waals surface area contributed by atoms with Gasteiger partial charge in [0.05, 0.1) is 16.0 Å². The Morgan fingerprint density at radius 2 is 1.81 bits per heavy atom. The number of hydrogen-bond donors (Lipinski definition) is 0. The molecule has 42 heavy (non-hydrogen) atoms. The van der Waals surface area contributed by atoms with Gasteiger partial charge in [-0.1, -0.05) is 30.2 Å². The quantitative estimate of drug-likeness (QED) is 0.372. The number of ether oxygens (including phenoxy) is 1. The lowest BCUT2D eigenvalue weighted by Gasteiger charge is -2.44. The van der Waals surface area contributed by atoms with Crippen LogP contribution >= 0.6 is 11.6 Å². The van der Waals surface area contributed by atoms with Crippen LogP contribution in [0.15, 0.2) is 34.0 Å². The largest absolute Gasteiger partial charge is 0.444 e. The summed E-state index contributed by atoms with van der Waals surface area (Å²) in [7, 11) is -3.78. The molecule has 2 aromatic heterocycles. The van der Waals surface area contributed by atoms with Crippen LogP contribution in [0.3, 0.4) is 0 Å². The van der Waals surface area contributed by atoms with E-state index in [2.05, 4.69) is 9.97 Å². The highest BCUT2D eigenvalue weighted by Crippen LogP contribution is 2.42. The van der Waals surface area contributed by atoms with E-state index < -0.39 is 38.2 Å². The zero-order valence-electron chi connectivity index (χ0n) is 24.5. The Balaban J connectivity index is 1.70. The van der Waals surface area contributed by atoms with Crippen molar-refractivity contribution in [3.05, 3.63) is 51.3 Å². The molecule has 1 aromatic carbocycles. The molecule has 1 amide bonds. The Hall–Kier alpha value is -3.25. The first kappa shape index (κ1) is 30.2. The second-order valence-corrected chi connectivity index (χ2v) is 14.6. The number of para-hydroxylation sites is 1. The Labute approximate surface area is 249 Å². The first-order chi connectivity index (χ1) is 19.6. The van der Waals surface area contributed by atoms with E-state index in [-0.39, 0.29) is 58.5 Å².